The molecule has 0 aliphatic rings. The summed E-state index contributed by atoms with van der Waals surface area (Å²) in [4.78, 5) is 27.3. The third-order valence-corrected chi connectivity index (χ3v) is 4.02. The number of H-pyrrole nitrogens is 1. The molecule has 1 heterocycles. The van der Waals surface area contributed by atoms with Crippen molar-refractivity contribution in [3.05, 3.63) is 59.8 Å². The van der Waals surface area contributed by atoms with Crippen LogP contribution >= 0.6 is 0 Å². The smallest absolute Gasteiger partial charge is 0.244 e. The van der Waals surface area contributed by atoms with Gasteiger partial charge in [0.1, 0.15) is 5.75 Å². The lowest BCUT2D eigenvalue weighted by molar-refractivity contribution is -0.116. The van der Waals surface area contributed by atoms with E-state index in [1.165, 1.54) is 31.4 Å². The number of Topliss-reactive ketones (excluding diaryl/α,β-unsaturated/α-hetero) is 1. The van der Waals surface area contributed by atoms with E-state index < -0.39 is 5.91 Å². The highest BCUT2D eigenvalue weighted by molar-refractivity contribution is 6.10. The number of hydrogen-bond acceptors (Lipinski definition) is 5. The molecule has 138 valence electrons. The number of methoxy groups -OCH3 is 1. The third kappa shape index (κ3) is 4.09. The maximum absolute atomic E-state index is 12.3. The zero-order valence-corrected chi connectivity index (χ0v) is 14.5. The SMILES string of the molecule is COc1cc(/C=C\C(=O)NCC(=O)c2c[nH]c3ccc(O)cc23)ccc1O. The summed E-state index contributed by atoms with van der Waals surface area (Å²) in [6.07, 6.45) is 4.39. The maximum Gasteiger partial charge on any atom is 0.244 e. The molecule has 0 fully saturated rings. The number of benzene rings is 2. The van der Waals surface area contributed by atoms with Crippen LogP contribution in [0.5, 0.6) is 17.2 Å². The lowest BCUT2D eigenvalue weighted by Crippen LogP contribution is -2.27. The second-order valence-corrected chi connectivity index (χ2v) is 5.84. The van der Waals surface area contributed by atoms with E-state index in [4.69, 9.17) is 4.74 Å². The summed E-state index contributed by atoms with van der Waals surface area (Å²) in [6.45, 7) is -0.176. The zero-order valence-electron chi connectivity index (χ0n) is 14.5. The molecule has 2 aromatic carbocycles. The number of amides is 1. The van der Waals surface area contributed by atoms with Crippen molar-refractivity contribution < 1.29 is 24.5 Å². The predicted octanol–water partition coefficient (Wildman–Crippen LogP) is 2.60. The standard InChI is InChI=1S/C20H18N2O5/c1-27-19-8-12(2-6-17(19)24)3-7-20(26)22-11-18(25)15-10-21-16-5-4-13(23)9-14(15)16/h2-10,21,23-24H,11H2,1H3,(H,22,26)/b7-3-. The van der Waals surface area contributed by atoms with E-state index >= 15 is 0 Å². The van der Waals surface area contributed by atoms with Crippen molar-refractivity contribution in [3.8, 4) is 17.2 Å². The highest BCUT2D eigenvalue weighted by Crippen LogP contribution is 2.26. The minimum absolute atomic E-state index is 0.00876. The summed E-state index contributed by atoms with van der Waals surface area (Å²) in [7, 11) is 1.44. The van der Waals surface area contributed by atoms with E-state index in [9.17, 15) is 19.8 Å². The molecule has 7 heteroatoms. The molecule has 3 rings (SSSR count). The second-order valence-electron chi connectivity index (χ2n) is 5.84. The number of rotatable bonds is 6. The minimum atomic E-state index is -0.432. The molecule has 7 nitrogen and oxygen atoms in total. The van der Waals surface area contributed by atoms with Gasteiger partial charge in [0, 0.05) is 28.7 Å². The molecule has 0 spiro atoms. The summed E-state index contributed by atoms with van der Waals surface area (Å²) >= 11 is 0. The highest BCUT2D eigenvalue weighted by Gasteiger charge is 2.13. The Morgan fingerprint density at radius 3 is 2.78 bits per heavy atom. The lowest BCUT2D eigenvalue weighted by Gasteiger charge is -2.04. The number of nitrogens with one attached hydrogen (secondary N) is 2. The molecule has 3 aromatic rings. The minimum Gasteiger partial charge on any atom is -0.508 e. The normalized spacial score (nSPS) is 11.0. The number of carbonyl (C=O) groups is 2. The number of aromatic hydroxyl groups is 2. The molecule has 1 amide bonds. The number of hydrogen-bond donors (Lipinski definition) is 4. The van der Waals surface area contributed by atoms with Gasteiger partial charge in [-0.1, -0.05) is 6.07 Å². The largest absolute Gasteiger partial charge is 0.508 e. The van der Waals surface area contributed by atoms with Crippen LogP contribution in [0.1, 0.15) is 15.9 Å². The predicted molar refractivity (Wildman–Crippen MR) is 101 cm³/mol. The van der Waals surface area contributed by atoms with E-state index in [0.717, 1.165) is 5.52 Å². The lowest BCUT2D eigenvalue weighted by atomic mass is 10.1. The van der Waals surface area contributed by atoms with Crippen molar-refractivity contribution in [3.63, 3.8) is 0 Å². The topological polar surface area (TPSA) is 112 Å². The molecule has 0 aliphatic carbocycles. The fraction of sp³-hybridized carbons (Fsp3) is 0.100. The van der Waals surface area contributed by atoms with Crippen LogP contribution in [0.25, 0.3) is 17.0 Å². The summed E-state index contributed by atoms with van der Waals surface area (Å²) < 4.78 is 5.01. The molecule has 0 bridgehead atoms. The molecular weight excluding hydrogens is 348 g/mol. The Bertz CT molecular complexity index is 1040. The van der Waals surface area contributed by atoms with Gasteiger partial charge in [0.2, 0.25) is 5.91 Å². The van der Waals surface area contributed by atoms with Gasteiger partial charge >= 0.3 is 0 Å². The average molecular weight is 366 g/mol. The molecule has 27 heavy (non-hydrogen) atoms. The molecule has 0 atom stereocenters. The van der Waals surface area contributed by atoms with Crippen molar-refractivity contribution in [2.45, 2.75) is 0 Å². The van der Waals surface area contributed by atoms with Crippen LogP contribution in [-0.4, -0.2) is 40.5 Å². The quantitative estimate of drug-likeness (QED) is 0.396. The number of phenols is 2. The fourth-order valence-electron chi connectivity index (χ4n) is 2.63. The third-order valence-electron chi connectivity index (χ3n) is 4.02. The van der Waals surface area contributed by atoms with Crippen LogP contribution in [0, 0.1) is 0 Å². The summed E-state index contributed by atoms with van der Waals surface area (Å²) in [5.41, 5.74) is 1.79. The Morgan fingerprint density at radius 2 is 2.00 bits per heavy atom. The van der Waals surface area contributed by atoms with Crippen LogP contribution in [0.3, 0.4) is 0 Å². The number of fused-ring (bicyclic) bond motifs is 1. The van der Waals surface area contributed by atoms with E-state index in [-0.39, 0.29) is 23.8 Å². The molecule has 0 unspecified atom stereocenters. The number of ketones is 1. The van der Waals surface area contributed by atoms with Crippen molar-refractivity contribution in [1.82, 2.24) is 10.3 Å². The van der Waals surface area contributed by atoms with Gasteiger partial charge in [-0.25, -0.2) is 0 Å². The summed E-state index contributed by atoms with van der Waals surface area (Å²) in [5, 5.41) is 22.3. The van der Waals surface area contributed by atoms with Crippen LogP contribution < -0.4 is 10.1 Å². The molecule has 0 saturated heterocycles. The van der Waals surface area contributed by atoms with Gasteiger partial charge in [-0.2, -0.15) is 0 Å². The van der Waals surface area contributed by atoms with E-state index in [0.29, 0.717) is 22.3 Å². The zero-order chi connectivity index (χ0) is 19.4. The van der Waals surface area contributed by atoms with E-state index in [1.807, 2.05) is 0 Å². The molecule has 0 saturated carbocycles. The van der Waals surface area contributed by atoms with E-state index in [1.54, 1.807) is 30.5 Å². The molecule has 0 aliphatic heterocycles. The van der Waals surface area contributed by atoms with Gasteiger partial charge in [-0.15, -0.1) is 0 Å². The van der Waals surface area contributed by atoms with Crippen LogP contribution in [-0.2, 0) is 4.79 Å². The fourth-order valence-corrected chi connectivity index (χ4v) is 2.63. The molecule has 0 radical (unpaired) electrons. The first kappa shape index (κ1) is 18.1. The van der Waals surface area contributed by atoms with Gasteiger partial charge in [-0.3, -0.25) is 9.59 Å². The molecule has 1 aromatic heterocycles. The van der Waals surface area contributed by atoms with Crippen LogP contribution in [0.2, 0.25) is 0 Å². The van der Waals surface area contributed by atoms with E-state index in [2.05, 4.69) is 10.3 Å². The van der Waals surface area contributed by atoms with Crippen LogP contribution in [0.4, 0.5) is 0 Å². The number of aromatic nitrogens is 1. The van der Waals surface area contributed by atoms with Crippen molar-refractivity contribution >= 4 is 28.7 Å². The Labute approximate surface area is 154 Å². The number of ether oxygens (including phenoxy) is 1. The Hall–Kier alpha value is -3.74. The molecule has 4 N–H and O–H groups in total. The first-order valence-corrected chi connectivity index (χ1v) is 8.14. The maximum atomic E-state index is 12.3. The van der Waals surface area contributed by atoms with Gasteiger partial charge < -0.3 is 25.3 Å². The number of carbonyl (C=O) groups excluding carboxylic acids is 2. The van der Waals surface area contributed by atoms with Crippen molar-refractivity contribution in [1.29, 1.82) is 0 Å². The number of aromatic amines is 1. The van der Waals surface area contributed by atoms with Crippen molar-refractivity contribution in [2.75, 3.05) is 13.7 Å². The van der Waals surface area contributed by atoms with Crippen molar-refractivity contribution in [2.24, 2.45) is 0 Å². The van der Waals surface area contributed by atoms with Gasteiger partial charge in [0.05, 0.1) is 13.7 Å². The summed E-state index contributed by atoms with van der Waals surface area (Å²) in [6, 6.07) is 9.38. The second kappa shape index (κ2) is 7.65. The Kier molecular flexibility index (Phi) is 5.12. The van der Waals surface area contributed by atoms with Gasteiger partial charge in [-0.05, 0) is 42.0 Å². The average Bonchev–Trinajstić information content (AvgIpc) is 3.08. The monoisotopic (exact) mass is 366 g/mol. The Balaban J connectivity index is 1.63. The highest BCUT2D eigenvalue weighted by atomic mass is 16.5. The Morgan fingerprint density at radius 1 is 1.19 bits per heavy atom. The molecular formula is C20H18N2O5. The van der Waals surface area contributed by atoms with Gasteiger partial charge in [0.15, 0.2) is 17.3 Å². The number of phenolic OH excluding ortho intramolecular Hbond substituents is 2. The summed E-state index contributed by atoms with van der Waals surface area (Å²) in [5.74, 6) is -0.338. The first-order valence-electron chi connectivity index (χ1n) is 8.14. The first-order chi connectivity index (χ1) is 13.0. The van der Waals surface area contributed by atoms with Gasteiger partial charge in [0.25, 0.3) is 0 Å². The van der Waals surface area contributed by atoms with Crippen LogP contribution in [0.15, 0.2) is 48.7 Å².